The molecule has 0 spiro atoms. The van der Waals surface area contributed by atoms with Crippen LogP contribution in [0.2, 0.25) is 0 Å². The Morgan fingerprint density at radius 2 is 2.20 bits per heavy atom. The molecule has 2 atom stereocenters. The molecule has 1 heterocycles. The lowest BCUT2D eigenvalue weighted by atomic mass is 9.81. The van der Waals surface area contributed by atoms with E-state index < -0.39 is 11.4 Å². The second kappa shape index (κ2) is 7.27. The highest BCUT2D eigenvalue weighted by molar-refractivity contribution is 5.85. The van der Waals surface area contributed by atoms with E-state index in [-0.39, 0.29) is 24.2 Å². The van der Waals surface area contributed by atoms with Crippen LogP contribution in [0.1, 0.15) is 39.0 Å². The van der Waals surface area contributed by atoms with E-state index in [1.54, 1.807) is 0 Å². The number of carbonyl (C=O) groups is 2. The third-order valence-electron chi connectivity index (χ3n) is 4.59. The largest absolute Gasteiger partial charge is 0.481 e. The van der Waals surface area contributed by atoms with Gasteiger partial charge in [0.05, 0.1) is 12.0 Å². The second-order valence-corrected chi connectivity index (χ2v) is 5.92. The van der Waals surface area contributed by atoms with E-state index >= 15 is 0 Å². The first-order chi connectivity index (χ1) is 9.08. The number of carboxylic acids is 1. The van der Waals surface area contributed by atoms with Gasteiger partial charge in [0.1, 0.15) is 0 Å². The van der Waals surface area contributed by atoms with Crippen molar-refractivity contribution in [2.45, 2.75) is 39.0 Å². The number of aliphatic carboxylic acids is 1. The highest BCUT2D eigenvalue weighted by Gasteiger charge is 2.54. The molecule has 20 heavy (non-hydrogen) atoms. The van der Waals surface area contributed by atoms with Crippen molar-refractivity contribution >= 4 is 24.3 Å². The standard InChI is InChI=1S/C14H24N2O3.ClH/c1-2-3-7-15-12(17)9-16-8-11-5-4-6-14(11,10-16)13(18)19;/h11H,2-10H2,1H3,(H,15,17)(H,18,19);1H/t11-,14+;/m0./s1. The Kier molecular flexibility index (Phi) is 6.27. The Balaban J connectivity index is 0.00000200. The number of amides is 1. The van der Waals surface area contributed by atoms with Crippen LogP contribution in [0.4, 0.5) is 0 Å². The lowest BCUT2D eigenvalue weighted by Gasteiger charge is -2.23. The minimum atomic E-state index is -0.677. The Morgan fingerprint density at radius 3 is 2.80 bits per heavy atom. The van der Waals surface area contributed by atoms with Crippen LogP contribution in [0.5, 0.6) is 0 Å². The summed E-state index contributed by atoms with van der Waals surface area (Å²) in [5.74, 6) is -0.425. The van der Waals surface area contributed by atoms with E-state index in [0.717, 1.165) is 45.2 Å². The van der Waals surface area contributed by atoms with Crippen LogP contribution in [0.15, 0.2) is 0 Å². The zero-order valence-electron chi connectivity index (χ0n) is 12.1. The van der Waals surface area contributed by atoms with Gasteiger partial charge in [-0.1, -0.05) is 19.8 Å². The van der Waals surface area contributed by atoms with E-state index in [0.29, 0.717) is 13.1 Å². The summed E-state index contributed by atoms with van der Waals surface area (Å²) in [6.45, 7) is 4.44. The fourth-order valence-electron chi connectivity index (χ4n) is 3.53. The van der Waals surface area contributed by atoms with Gasteiger partial charge < -0.3 is 10.4 Å². The number of hydrogen-bond acceptors (Lipinski definition) is 3. The van der Waals surface area contributed by atoms with E-state index in [9.17, 15) is 14.7 Å². The molecular weight excluding hydrogens is 280 g/mol. The molecule has 1 saturated carbocycles. The molecular formula is C14H25ClN2O3. The predicted molar refractivity (Wildman–Crippen MR) is 79.0 cm³/mol. The topological polar surface area (TPSA) is 69.6 Å². The average Bonchev–Trinajstić information content (AvgIpc) is 2.86. The number of nitrogens with one attached hydrogen (secondary N) is 1. The van der Waals surface area contributed by atoms with Gasteiger partial charge in [-0.05, 0) is 25.2 Å². The van der Waals surface area contributed by atoms with Crippen LogP contribution in [-0.2, 0) is 9.59 Å². The third kappa shape index (κ3) is 3.44. The molecule has 0 aromatic rings. The molecule has 0 aromatic heterocycles. The number of nitrogens with zero attached hydrogens (tertiary/aromatic N) is 1. The molecule has 2 aliphatic rings. The van der Waals surface area contributed by atoms with E-state index in [2.05, 4.69) is 12.2 Å². The number of unbranched alkanes of at least 4 members (excludes halogenated alkanes) is 1. The van der Waals surface area contributed by atoms with Gasteiger partial charge in [-0.15, -0.1) is 12.4 Å². The number of carboxylic acid groups (broad SMARTS) is 1. The second-order valence-electron chi connectivity index (χ2n) is 5.92. The Morgan fingerprint density at radius 1 is 1.45 bits per heavy atom. The molecule has 116 valence electrons. The van der Waals surface area contributed by atoms with Gasteiger partial charge in [0, 0.05) is 19.6 Å². The third-order valence-corrected chi connectivity index (χ3v) is 4.59. The molecule has 5 nitrogen and oxygen atoms in total. The summed E-state index contributed by atoms with van der Waals surface area (Å²) >= 11 is 0. The van der Waals surface area contributed by atoms with Gasteiger partial charge in [-0.25, -0.2) is 0 Å². The fraction of sp³-hybridized carbons (Fsp3) is 0.857. The van der Waals surface area contributed by atoms with Gasteiger partial charge in [0.15, 0.2) is 0 Å². The summed E-state index contributed by atoms with van der Waals surface area (Å²) in [5, 5.41) is 12.4. The maximum absolute atomic E-state index is 11.8. The average molecular weight is 305 g/mol. The summed E-state index contributed by atoms with van der Waals surface area (Å²) in [6, 6.07) is 0. The monoisotopic (exact) mass is 304 g/mol. The van der Waals surface area contributed by atoms with Gasteiger partial charge in [-0.2, -0.15) is 0 Å². The number of halogens is 1. The predicted octanol–water partition coefficient (Wildman–Crippen LogP) is 1.51. The quantitative estimate of drug-likeness (QED) is 0.730. The van der Waals surface area contributed by atoms with Gasteiger partial charge in [0.2, 0.25) is 5.91 Å². The normalized spacial score (nSPS) is 28.8. The van der Waals surface area contributed by atoms with Crippen LogP contribution in [0, 0.1) is 11.3 Å². The number of rotatable bonds is 6. The van der Waals surface area contributed by atoms with E-state index in [1.165, 1.54) is 0 Å². The lowest BCUT2D eigenvalue weighted by molar-refractivity contribution is -0.149. The molecule has 1 aliphatic carbocycles. The van der Waals surface area contributed by atoms with Crippen LogP contribution < -0.4 is 5.32 Å². The smallest absolute Gasteiger partial charge is 0.311 e. The first-order valence-electron chi connectivity index (χ1n) is 7.31. The Bertz CT molecular complexity index is 364. The van der Waals surface area contributed by atoms with Crippen molar-refractivity contribution in [2.75, 3.05) is 26.2 Å². The highest BCUT2D eigenvalue weighted by Crippen LogP contribution is 2.48. The lowest BCUT2D eigenvalue weighted by Crippen LogP contribution is -2.39. The molecule has 0 unspecified atom stereocenters. The number of carbonyl (C=O) groups excluding carboxylic acids is 1. The summed E-state index contributed by atoms with van der Waals surface area (Å²) < 4.78 is 0. The molecule has 0 aromatic carbocycles. The van der Waals surface area contributed by atoms with Crippen LogP contribution >= 0.6 is 12.4 Å². The number of hydrogen-bond donors (Lipinski definition) is 2. The fourth-order valence-corrected chi connectivity index (χ4v) is 3.53. The Hall–Kier alpha value is -0.810. The van der Waals surface area contributed by atoms with Crippen molar-refractivity contribution < 1.29 is 14.7 Å². The summed E-state index contributed by atoms with van der Waals surface area (Å²) in [4.78, 5) is 25.3. The first kappa shape index (κ1) is 17.2. The molecule has 2 N–H and O–H groups in total. The molecule has 2 rings (SSSR count). The minimum Gasteiger partial charge on any atom is -0.481 e. The van der Waals surface area contributed by atoms with Gasteiger partial charge >= 0.3 is 5.97 Å². The van der Waals surface area contributed by atoms with Crippen molar-refractivity contribution in [1.29, 1.82) is 0 Å². The van der Waals surface area contributed by atoms with Crippen molar-refractivity contribution in [3.8, 4) is 0 Å². The molecule has 1 amide bonds. The zero-order valence-corrected chi connectivity index (χ0v) is 12.9. The molecule has 6 heteroatoms. The molecule has 0 bridgehead atoms. The molecule has 0 radical (unpaired) electrons. The first-order valence-corrected chi connectivity index (χ1v) is 7.31. The SMILES string of the molecule is CCCCNC(=O)CN1C[C@@H]2CCC[C@@]2(C(=O)O)C1.Cl. The van der Waals surface area contributed by atoms with Crippen molar-refractivity contribution in [3.05, 3.63) is 0 Å². The number of likely N-dealkylation sites (tertiary alicyclic amines) is 1. The van der Waals surface area contributed by atoms with Gasteiger partial charge in [0.25, 0.3) is 0 Å². The van der Waals surface area contributed by atoms with E-state index in [1.807, 2.05) is 4.90 Å². The van der Waals surface area contributed by atoms with Crippen molar-refractivity contribution in [3.63, 3.8) is 0 Å². The minimum absolute atomic E-state index is 0. The number of fused-ring (bicyclic) bond motifs is 1. The maximum Gasteiger partial charge on any atom is 0.311 e. The molecule has 1 saturated heterocycles. The maximum atomic E-state index is 11.8. The van der Waals surface area contributed by atoms with E-state index in [4.69, 9.17) is 0 Å². The van der Waals surface area contributed by atoms with Crippen LogP contribution in [0.3, 0.4) is 0 Å². The van der Waals surface area contributed by atoms with Gasteiger partial charge in [-0.3, -0.25) is 14.5 Å². The summed E-state index contributed by atoms with van der Waals surface area (Å²) in [7, 11) is 0. The summed E-state index contributed by atoms with van der Waals surface area (Å²) in [6.07, 6.45) is 4.82. The summed E-state index contributed by atoms with van der Waals surface area (Å²) in [5.41, 5.74) is -0.580. The zero-order chi connectivity index (χ0) is 13.9. The van der Waals surface area contributed by atoms with Crippen molar-refractivity contribution in [2.24, 2.45) is 11.3 Å². The van der Waals surface area contributed by atoms with Crippen LogP contribution in [-0.4, -0.2) is 48.1 Å². The molecule has 2 fully saturated rings. The van der Waals surface area contributed by atoms with Crippen molar-refractivity contribution in [1.82, 2.24) is 10.2 Å². The highest BCUT2D eigenvalue weighted by atomic mass is 35.5. The molecule has 1 aliphatic heterocycles. The van der Waals surface area contributed by atoms with Crippen LogP contribution in [0.25, 0.3) is 0 Å². The Labute approximate surface area is 126 Å².